The minimum absolute atomic E-state index is 0.106. The number of rotatable bonds is 4. The lowest BCUT2D eigenvalue weighted by molar-refractivity contribution is 0.0663. The molecule has 0 saturated carbocycles. The molecule has 0 aliphatic carbocycles. The zero-order chi connectivity index (χ0) is 22.6. The number of aromatic nitrogens is 2. The van der Waals surface area contributed by atoms with Crippen molar-refractivity contribution in [1.29, 1.82) is 0 Å². The molecule has 4 N–H and O–H groups in total. The van der Waals surface area contributed by atoms with E-state index in [1.165, 1.54) is 17.4 Å². The first-order valence-corrected chi connectivity index (χ1v) is 11.3. The minimum atomic E-state index is -0.953. The van der Waals surface area contributed by atoms with Crippen LogP contribution in [0.5, 0.6) is 0 Å². The summed E-state index contributed by atoms with van der Waals surface area (Å²) in [4.78, 5) is 7.40. The van der Waals surface area contributed by atoms with Crippen molar-refractivity contribution in [1.82, 2.24) is 15.3 Å². The quantitative estimate of drug-likeness (QED) is 0.339. The molecule has 8 heteroatoms. The Bertz CT molecular complexity index is 1300. The van der Waals surface area contributed by atoms with Crippen LogP contribution in [0.3, 0.4) is 0 Å². The van der Waals surface area contributed by atoms with Gasteiger partial charge in [0, 0.05) is 46.5 Å². The summed E-state index contributed by atoms with van der Waals surface area (Å²) in [5.74, 6) is -1.34. The smallest absolute Gasteiger partial charge is 0.140 e. The first-order valence-electron chi connectivity index (χ1n) is 10.4. The standard InChI is InChI=1S/C24H24F2N4OS/c1-12-10-28-21-13(12)5-4-6-14(21)18-15(25)9-16-19(20(18)26)22(23(31)24(2,3)30-16)29-11-17-27-7-8-32-17/h4-10,22-23,28-31H,11H2,1-3H3/t22-,23+/m1/s1. The zero-order valence-electron chi connectivity index (χ0n) is 18.0. The van der Waals surface area contributed by atoms with Gasteiger partial charge in [-0.1, -0.05) is 18.2 Å². The highest BCUT2D eigenvalue weighted by atomic mass is 32.1. The van der Waals surface area contributed by atoms with Gasteiger partial charge in [-0.05, 0) is 32.4 Å². The van der Waals surface area contributed by atoms with E-state index in [4.69, 9.17) is 0 Å². The number of halogens is 2. The van der Waals surface area contributed by atoms with Gasteiger partial charge in [-0.15, -0.1) is 11.3 Å². The van der Waals surface area contributed by atoms with E-state index in [0.717, 1.165) is 16.0 Å². The Morgan fingerprint density at radius 2 is 2.09 bits per heavy atom. The second-order valence-electron chi connectivity index (χ2n) is 8.78. The lowest BCUT2D eigenvalue weighted by Gasteiger charge is -2.44. The topological polar surface area (TPSA) is 73.0 Å². The molecule has 0 fully saturated rings. The van der Waals surface area contributed by atoms with Gasteiger partial charge in [-0.2, -0.15) is 0 Å². The molecule has 5 nitrogen and oxygen atoms in total. The van der Waals surface area contributed by atoms with E-state index >= 15 is 8.78 Å². The van der Waals surface area contributed by atoms with Crippen LogP contribution in [0.2, 0.25) is 0 Å². The van der Waals surface area contributed by atoms with E-state index in [9.17, 15) is 5.11 Å². The highest BCUT2D eigenvalue weighted by Crippen LogP contribution is 2.44. The van der Waals surface area contributed by atoms with E-state index in [1.807, 2.05) is 38.4 Å². The van der Waals surface area contributed by atoms with Crippen molar-refractivity contribution in [2.24, 2.45) is 0 Å². The molecule has 166 valence electrons. The summed E-state index contributed by atoms with van der Waals surface area (Å²) in [6.45, 7) is 5.94. The number of fused-ring (bicyclic) bond motifs is 2. The maximum absolute atomic E-state index is 16.1. The van der Waals surface area contributed by atoms with Gasteiger partial charge in [0.1, 0.15) is 16.6 Å². The zero-order valence-corrected chi connectivity index (χ0v) is 18.8. The van der Waals surface area contributed by atoms with Crippen LogP contribution in [-0.4, -0.2) is 26.7 Å². The summed E-state index contributed by atoms with van der Waals surface area (Å²) in [5, 5.41) is 21.1. The molecular weight excluding hydrogens is 430 g/mol. The normalized spacial score (nSPS) is 19.7. The van der Waals surface area contributed by atoms with Crippen LogP contribution in [0.25, 0.3) is 22.0 Å². The predicted octanol–water partition coefficient (Wildman–Crippen LogP) is 5.27. The Balaban J connectivity index is 1.68. The van der Waals surface area contributed by atoms with Gasteiger partial charge in [-0.25, -0.2) is 13.8 Å². The molecule has 0 radical (unpaired) electrons. The summed E-state index contributed by atoms with van der Waals surface area (Å²) in [7, 11) is 0. The lowest BCUT2D eigenvalue weighted by atomic mass is 9.81. The van der Waals surface area contributed by atoms with E-state index in [-0.39, 0.29) is 11.1 Å². The Kier molecular flexibility index (Phi) is 5.03. The number of nitrogens with zero attached hydrogens (tertiary/aromatic N) is 1. The third kappa shape index (κ3) is 3.30. The number of anilines is 1. The molecule has 4 aromatic rings. The monoisotopic (exact) mass is 454 g/mol. The number of thiazole rings is 1. The molecule has 2 aromatic carbocycles. The van der Waals surface area contributed by atoms with Crippen LogP contribution < -0.4 is 10.6 Å². The number of aromatic amines is 1. The highest BCUT2D eigenvalue weighted by molar-refractivity contribution is 7.09. The van der Waals surface area contributed by atoms with Crippen LogP contribution in [0.15, 0.2) is 42.0 Å². The second-order valence-corrected chi connectivity index (χ2v) is 9.76. The van der Waals surface area contributed by atoms with Crippen molar-refractivity contribution in [2.45, 2.75) is 45.0 Å². The van der Waals surface area contributed by atoms with Crippen molar-refractivity contribution in [3.8, 4) is 11.1 Å². The van der Waals surface area contributed by atoms with Gasteiger partial charge < -0.3 is 20.7 Å². The number of H-pyrrole nitrogens is 1. The van der Waals surface area contributed by atoms with E-state index < -0.39 is 29.3 Å². The number of hydrogen-bond donors (Lipinski definition) is 4. The molecule has 5 rings (SSSR count). The molecule has 0 amide bonds. The molecule has 3 heterocycles. The van der Waals surface area contributed by atoms with Gasteiger partial charge >= 0.3 is 0 Å². The average Bonchev–Trinajstić information content (AvgIpc) is 3.39. The molecule has 1 aliphatic heterocycles. The second kappa shape index (κ2) is 7.65. The van der Waals surface area contributed by atoms with E-state index in [0.29, 0.717) is 23.3 Å². The summed E-state index contributed by atoms with van der Waals surface area (Å²) in [6.07, 6.45) is 2.58. The number of hydrogen-bond acceptors (Lipinski definition) is 5. The molecule has 0 spiro atoms. The third-order valence-corrected chi connectivity index (χ3v) is 7.01. The number of aliphatic hydroxyl groups excluding tert-OH is 1. The van der Waals surface area contributed by atoms with Gasteiger partial charge in [0.2, 0.25) is 0 Å². The molecule has 32 heavy (non-hydrogen) atoms. The maximum Gasteiger partial charge on any atom is 0.140 e. The van der Waals surface area contributed by atoms with E-state index in [2.05, 4.69) is 20.6 Å². The average molecular weight is 455 g/mol. The molecule has 1 aliphatic rings. The molecular formula is C24H24F2N4OS. The predicted molar refractivity (Wildman–Crippen MR) is 124 cm³/mol. The van der Waals surface area contributed by atoms with Gasteiger partial charge in [0.25, 0.3) is 0 Å². The highest BCUT2D eigenvalue weighted by Gasteiger charge is 2.43. The Morgan fingerprint density at radius 3 is 2.84 bits per heavy atom. The maximum atomic E-state index is 16.1. The number of aryl methyl sites for hydroxylation is 1. The van der Waals surface area contributed by atoms with E-state index in [1.54, 1.807) is 18.3 Å². The minimum Gasteiger partial charge on any atom is -0.389 e. The largest absolute Gasteiger partial charge is 0.389 e. The third-order valence-electron chi connectivity index (χ3n) is 6.23. The fourth-order valence-electron chi connectivity index (χ4n) is 4.54. The fourth-order valence-corrected chi connectivity index (χ4v) is 5.11. The first-order chi connectivity index (χ1) is 15.3. The Morgan fingerprint density at radius 1 is 1.28 bits per heavy atom. The Labute approximate surface area is 188 Å². The first kappa shape index (κ1) is 21.1. The van der Waals surface area contributed by atoms with Crippen LogP contribution in [0.4, 0.5) is 14.5 Å². The van der Waals surface area contributed by atoms with Crippen molar-refractivity contribution in [3.05, 3.63) is 69.8 Å². The molecule has 2 aromatic heterocycles. The van der Waals surface area contributed by atoms with Crippen LogP contribution in [-0.2, 0) is 6.54 Å². The molecule has 0 unspecified atom stereocenters. The SMILES string of the molecule is Cc1c[nH]c2c(-c3c(F)cc4c(c3F)[C@@H](NCc3nccs3)[C@H](O)C(C)(C)N4)cccc12. The molecule has 2 atom stereocenters. The summed E-state index contributed by atoms with van der Waals surface area (Å²) < 4.78 is 31.5. The summed E-state index contributed by atoms with van der Waals surface area (Å²) in [5.41, 5.74) is 1.81. The molecule has 0 bridgehead atoms. The van der Waals surface area contributed by atoms with Gasteiger partial charge in [-0.3, -0.25) is 0 Å². The molecule has 0 saturated heterocycles. The fraction of sp³-hybridized carbons (Fsp3) is 0.292. The van der Waals surface area contributed by atoms with Gasteiger partial charge in [0.15, 0.2) is 0 Å². The van der Waals surface area contributed by atoms with Crippen LogP contribution >= 0.6 is 11.3 Å². The summed E-state index contributed by atoms with van der Waals surface area (Å²) >= 11 is 1.48. The van der Waals surface area contributed by atoms with Crippen LogP contribution in [0.1, 0.15) is 36.0 Å². The van der Waals surface area contributed by atoms with Crippen molar-refractivity contribution >= 4 is 27.9 Å². The summed E-state index contributed by atoms with van der Waals surface area (Å²) in [6, 6.07) is 6.01. The van der Waals surface area contributed by atoms with Gasteiger partial charge in [0.05, 0.1) is 28.8 Å². The van der Waals surface area contributed by atoms with Crippen molar-refractivity contribution in [2.75, 3.05) is 5.32 Å². The van der Waals surface area contributed by atoms with Crippen LogP contribution in [0, 0.1) is 18.6 Å². The number of para-hydroxylation sites is 1. The number of aliphatic hydroxyl groups is 1. The Hall–Kier alpha value is -2.81. The van der Waals surface area contributed by atoms with Crippen molar-refractivity contribution in [3.63, 3.8) is 0 Å². The lowest BCUT2D eigenvalue weighted by Crippen LogP contribution is -2.54. The van der Waals surface area contributed by atoms with Crippen molar-refractivity contribution < 1.29 is 13.9 Å². The number of benzene rings is 2. The number of nitrogens with one attached hydrogen (secondary N) is 3.